The van der Waals surface area contributed by atoms with Crippen LogP contribution in [0.1, 0.15) is 335 Å². The number of phosphoric acid groups is 1. The Bertz CT molecular complexity index is 1560. The molecule has 81 heavy (non-hydrogen) atoms. The molecular formula is C71H130NO8P. The molecule has 2 atom stereocenters. The largest absolute Gasteiger partial charge is 0.472 e. The lowest BCUT2D eigenvalue weighted by molar-refractivity contribution is -0.161. The molecule has 0 aliphatic carbocycles. The second-order valence-electron chi connectivity index (χ2n) is 23.0. The molecule has 0 saturated heterocycles. The summed E-state index contributed by atoms with van der Waals surface area (Å²) in [4.78, 5) is 35.3. The van der Waals surface area contributed by atoms with Crippen LogP contribution in [0, 0.1) is 0 Å². The molecule has 0 aromatic carbocycles. The lowest BCUT2D eigenvalue weighted by atomic mass is 10.0. The topological polar surface area (TPSA) is 134 Å². The van der Waals surface area contributed by atoms with Crippen LogP contribution in [0.5, 0.6) is 0 Å². The summed E-state index contributed by atoms with van der Waals surface area (Å²) in [5.74, 6) is -0.812. The Hall–Kier alpha value is -2.55. The number of hydrogen-bond acceptors (Lipinski definition) is 8. The van der Waals surface area contributed by atoms with Crippen molar-refractivity contribution in [2.75, 3.05) is 26.4 Å². The lowest BCUT2D eigenvalue weighted by Gasteiger charge is -2.19. The highest BCUT2D eigenvalue weighted by atomic mass is 31.2. The van der Waals surface area contributed by atoms with Crippen molar-refractivity contribution >= 4 is 19.8 Å². The first-order chi connectivity index (χ1) is 39.8. The second kappa shape index (κ2) is 66.6. The molecule has 2 unspecified atom stereocenters. The third-order valence-corrected chi connectivity index (χ3v) is 16.1. The molecule has 472 valence electrons. The number of allylic oxidation sites excluding steroid dienone is 12. The zero-order valence-corrected chi connectivity index (χ0v) is 53.9. The van der Waals surface area contributed by atoms with Crippen molar-refractivity contribution in [1.29, 1.82) is 0 Å². The van der Waals surface area contributed by atoms with Crippen LogP contribution in [0.2, 0.25) is 0 Å². The van der Waals surface area contributed by atoms with Crippen LogP contribution >= 0.6 is 7.82 Å². The molecule has 0 fully saturated rings. The van der Waals surface area contributed by atoms with Crippen LogP contribution < -0.4 is 5.73 Å². The highest BCUT2D eigenvalue weighted by Crippen LogP contribution is 2.43. The number of hydrogen-bond donors (Lipinski definition) is 2. The quantitative estimate of drug-likeness (QED) is 0.0264. The fourth-order valence-electron chi connectivity index (χ4n) is 10.0. The zero-order valence-electron chi connectivity index (χ0n) is 53.0. The van der Waals surface area contributed by atoms with Crippen molar-refractivity contribution in [2.45, 2.75) is 341 Å². The maximum Gasteiger partial charge on any atom is 0.472 e. The summed E-state index contributed by atoms with van der Waals surface area (Å²) < 4.78 is 33.2. The van der Waals surface area contributed by atoms with Crippen LogP contribution in [0.3, 0.4) is 0 Å². The van der Waals surface area contributed by atoms with Gasteiger partial charge in [-0.25, -0.2) is 4.57 Å². The van der Waals surface area contributed by atoms with E-state index >= 15 is 0 Å². The third-order valence-electron chi connectivity index (χ3n) is 15.1. The number of carbonyl (C=O) groups is 2. The lowest BCUT2D eigenvalue weighted by Crippen LogP contribution is -2.29. The standard InChI is InChI=1S/C71H130NO8P/c1-3-5-7-9-11-13-15-17-19-21-23-25-27-29-31-32-33-34-35-36-38-40-42-44-46-48-50-52-54-56-58-60-62-64-71(74)80-69(68-79-81(75,76)78-66-65-72)67-77-70(73)63-61-59-57-55-53-51-49-47-45-43-41-39-37-30-28-26-24-22-20-18-16-14-12-10-8-6-4-2/h5,7,11,13,17,19,22-25,29,31,69H,3-4,6,8-10,12,14-16,18,20-21,26-28,30,32-68,72H2,1-2H3,(H,75,76)/b7-5-,13-11-,19-17-,24-22-,25-23-,31-29-. The fraction of sp³-hybridized carbons (Fsp3) is 0.803. The molecule has 0 aromatic rings. The molecular weight excluding hydrogens is 1030 g/mol. The molecule has 10 heteroatoms. The summed E-state index contributed by atoms with van der Waals surface area (Å²) in [7, 11) is -4.39. The summed E-state index contributed by atoms with van der Waals surface area (Å²) >= 11 is 0. The fourth-order valence-corrected chi connectivity index (χ4v) is 10.8. The highest BCUT2D eigenvalue weighted by molar-refractivity contribution is 7.47. The van der Waals surface area contributed by atoms with Gasteiger partial charge in [0.15, 0.2) is 6.10 Å². The Balaban J connectivity index is 3.86. The highest BCUT2D eigenvalue weighted by Gasteiger charge is 2.26. The summed E-state index contributed by atoms with van der Waals surface area (Å²) in [6, 6.07) is 0. The van der Waals surface area contributed by atoms with Crippen LogP contribution in [0.25, 0.3) is 0 Å². The molecule has 0 aromatic heterocycles. The number of ether oxygens (including phenoxy) is 2. The molecule has 0 saturated carbocycles. The van der Waals surface area contributed by atoms with Crippen molar-refractivity contribution < 1.29 is 37.6 Å². The van der Waals surface area contributed by atoms with Crippen molar-refractivity contribution in [3.63, 3.8) is 0 Å². The molecule has 0 bridgehead atoms. The van der Waals surface area contributed by atoms with Gasteiger partial charge in [0.25, 0.3) is 0 Å². The first-order valence-electron chi connectivity index (χ1n) is 34.4. The number of esters is 2. The first kappa shape index (κ1) is 78.5. The molecule has 0 rings (SSSR count). The van der Waals surface area contributed by atoms with Crippen LogP contribution in [-0.2, 0) is 32.7 Å². The Labute approximate surface area is 501 Å². The van der Waals surface area contributed by atoms with E-state index in [0.717, 1.165) is 70.6 Å². The molecule has 0 spiro atoms. The minimum Gasteiger partial charge on any atom is -0.462 e. The average Bonchev–Trinajstić information content (AvgIpc) is 3.46. The number of phosphoric ester groups is 1. The van der Waals surface area contributed by atoms with Crippen LogP contribution in [0.15, 0.2) is 72.9 Å². The Kier molecular flexibility index (Phi) is 64.5. The van der Waals surface area contributed by atoms with Gasteiger partial charge >= 0.3 is 19.8 Å². The first-order valence-corrected chi connectivity index (χ1v) is 35.9. The van der Waals surface area contributed by atoms with Gasteiger partial charge in [-0.3, -0.25) is 18.6 Å². The minimum absolute atomic E-state index is 0.0535. The monoisotopic (exact) mass is 1160 g/mol. The molecule has 9 nitrogen and oxygen atoms in total. The van der Waals surface area contributed by atoms with Gasteiger partial charge in [0.05, 0.1) is 13.2 Å². The Morgan fingerprint density at radius 1 is 0.383 bits per heavy atom. The molecule has 3 N–H and O–H groups in total. The summed E-state index contributed by atoms with van der Waals surface area (Å²) in [6.45, 7) is 3.68. The van der Waals surface area contributed by atoms with E-state index in [4.69, 9.17) is 24.3 Å². The van der Waals surface area contributed by atoms with Gasteiger partial charge in [0.1, 0.15) is 6.61 Å². The van der Waals surface area contributed by atoms with Crippen molar-refractivity contribution in [3.05, 3.63) is 72.9 Å². The smallest absolute Gasteiger partial charge is 0.462 e. The second-order valence-corrected chi connectivity index (χ2v) is 24.5. The molecule has 0 aliphatic rings. The third kappa shape index (κ3) is 66.5. The van der Waals surface area contributed by atoms with E-state index in [1.54, 1.807) is 0 Å². The Morgan fingerprint density at radius 3 is 1.02 bits per heavy atom. The van der Waals surface area contributed by atoms with Crippen molar-refractivity contribution in [1.82, 2.24) is 0 Å². The van der Waals surface area contributed by atoms with E-state index in [2.05, 4.69) is 86.8 Å². The maximum absolute atomic E-state index is 12.8. The summed E-state index contributed by atoms with van der Waals surface area (Å²) in [6.07, 6.45) is 87.1. The van der Waals surface area contributed by atoms with Gasteiger partial charge in [-0.1, -0.05) is 311 Å². The van der Waals surface area contributed by atoms with Gasteiger partial charge in [-0.2, -0.15) is 0 Å². The maximum atomic E-state index is 12.8. The Morgan fingerprint density at radius 2 is 0.679 bits per heavy atom. The average molecular weight is 1160 g/mol. The van der Waals surface area contributed by atoms with Gasteiger partial charge in [-0.05, 0) is 83.5 Å². The van der Waals surface area contributed by atoms with E-state index in [1.165, 1.54) is 231 Å². The van der Waals surface area contributed by atoms with Crippen LogP contribution in [0.4, 0.5) is 0 Å². The molecule has 0 aliphatic heterocycles. The predicted octanol–water partition coefficient (Wildman–Crippen LogP) is 22.4. The van der Waals surface area contributed by atoms with E-state index in [-0.39, 0.29) is 38.6 Å². The molecule has 0 heterocycles. The normalized spacial score (nSPS) is 13.4. The molecule has 0 amide bonds. The number of unbranched alkanes of at least 4 members (excludes halogenated alkanes) is 40. The van der Waals surface area contributed by atoms with E-state index in [1.807, 2.05) is 0 Å². The van der Waals surface area contributed by atoms with E-state index in [9.17, 15) is 19.0 Å². The SMILES string of the molecule is CC/C=C\C/C=C\C/C=C\C/C=C\C/C=C\CCCCCCCCCCCCCCCCCCCC(=O)OC(COC(=O)CCCCCCCCCCCCCCCCC/C=C\CCCCCCCCCC)COP(=O)(O)OCCN. The van der Waals surface area contributed by atoms with E-state index < -0.39 is 26.5 Å². The summed E-state index contributed by atoms with van der Waals surface area (Å²) in [5, 5.41) is 0. The van der Waals surface area contributed by atoms with Gasteiger partial charge in [0, 0.05) is 19.4 Å². The van der Waals surface area contributed by atoms with Crippen molar-refractivity contribution in [2.24, 2.45) is 5.73 Å². The zero-order chi connectivity index (χ0) is 58.7. The van der Waals surface area contributed by atoms with Crippen molar-refractivity contribution in [3.8, 4) is 0 Å². The minimum atomic E-state index is -4.39. The van der Waals surface area contributed by atoms with Gasteiger partial charge in [0.2, 0.25) is 0 Å². The number of carbonyl (C=O) groups excluding carboxylic acids is 2. The predicted molar refractivity (Wildman–Crippen MR) is 349 cm³/mol. The van der Waals surface area contributed by atoms with E-state index in [0.29, 0.717) is 6.42 Å². The van der Waals surface area contributed by atoms with Gasteiger partial charge in [-0.15, -0.1) is 0 Å². The number of rotatable bonds is 65. The van der Waals surface area contributed by atoms with Gasteiger partial charge < -0.3 is 20.1 Å². The van der Waals surface area contributed by atoms with Crippen LogP contribution in [-0.4, -0.2) is 49.3 Å². The molecule has 0 radical (unpaired) electrons. The number of nitrogens with two attached hydrogens (primary N) is 1. The summed E-state index contributed by atoms with van der Waals surface area (Å²) in [5.41, 5.74) is 5.40.